The van der Waals surface area contributed by atoms with Gasteiger partial charge in [-0.1, -0.05) is 23.2 Å². The Hall–Kier alpha value is -3.93. The van der Waals surface area contributed by atoms with Crippen molar-refractivity contribution in [3.63, 3.8) is 0 Å². The maximum atomic E-state index is 12.8. The smallest absolute Gasteiger partial charge is 0.320 e. The standard InChI is InChI=1S/C22H17Cl2N5O5S/c1-35(34,29-22(33)19(25)30)15-6-2-12(3-7-15)20(31)27-17-8-4-13(23)10-16(17)21(32)28-18-9-5-14(24)11-26-18/h2-11H,1H2,(H2,25,30)(H,27,31)(H,26,28,32)(H,29,33,34). The first kappa shape index (κ1) is 25.7. The summed E-state index contributed by atoms with van der Waals surface area (Å²) in [7, 11) is -3.37. The summed E-state index contributed by atoms with van der Waals surface area (Å²) < 4.78 is 14.5. The van der Waals surface area contributed by atoms with Crippen molar-refractivity contribution in [1.29, 1.82) is 0 Å². The number of rotatable bonds is 6. The Morgan fingerprint density at radius 2 is 1.54 bits per heavy atom. The van der Waals surface area contributed by atoms with Crippen LogP contribution in [0.5, 0.6) is 0 Å². The summed E-state index contributed by atoms with van der Waals surface area (Å²) in [5.74, 6) is -0.0867. The molecule has 35 heavy (non-hydrogen) atoms. The highest BCUT2D eigenvalue weighted by Gasteiger charge is 2.18. The Balaban J connectivity index is 1.79. The van der Waals surface area contributed by atoms with Crippen molar-refractivity contribution < 1.29 is 23.4 Å². The average Bonchev–Trinajstić information content (AvgIpc) is 2.81. The number of anilines is 2. The number of nitrogens with zero attached hydrogens (tertiary/aromatic N) is 1. The molecule has 180 valence electrons. The fourth-order valence-corrected chi connectivity index (χ4v) is 4.10. The van der Waals surface area contributed by atoms with Gasteiger partial charge in [0.25, 0.3) is 11.8 Å². The van der Waals surface area contributed by atoms with E-state index >= 15 is 0 Å². The molecule has 0 bridgehead atoms. The van der Waals surface area contributed by atoms with E-state index in [9.17, 15) is 23.4 Å². The van der Waals surface area contributed by atoms with Gasteiger partial charge in [0.1, 0.15) is 5.82 Å². The summed E-state index contributed by atoms with van der Waals surface area (Å²) in [6.45, 7) is 0. The third-order valence-corrected chi connectivity index (χ3v) is 6.43. The quantitative estimate of drug-likeness (QED) is 0.281. The summed E-state index contributed by atoms with van der Waals surface area (Å²) >= 11 is 11.8. The third-order valence-electron chi connectivity index (χ3n) is 4.42. The number of nitrogens with one attached hydrogen (secondary N) is 3. The Labute approximate surface area is 210 Å². The van der Waals surface area contributed by atoms with Crippen LogP contribution in [0.1, 0.15) is 20.7 Å². The lowest BCUT2D eigenvalue weighted by Gasteiger charge is -2.13. The molecule has 2 aromatic carbocycles. The molecule has 0 fully saturated rings. The normalized spacial score (nSPS) is 12.2. The van der Waals surface area contributed by atoms with Crippen molar-refractivity contribution in [2.45, 2.75) is 4.90 Å². The van der Waals surface area contributed by atoms with Crippen molar-refractivity contribution in [3.8, 4) is 0 Å². The van der Waals surface area contributed by atoms with Gasteiger partial charge >= 0.3 is 11.8 Å². The Morgan fingerprint density at radius 1 is 0.886 bits per heavy atom. The van der Waals surface area contributed by atoms with Crippen molar-refractivity contribution in [3.05, 3.63) is 82.0 Å². The summed E-state index contributed by atoms with van der Waals surface area (Å²) in [6.07, 6.45) is 1.37. The second kappa shape index (κ2) is 10.6. The number of aromatic nitrogens is 1. The number of benzene rings is 2. The van der Waals surface area contributed by atoms with E-state index in [-0.39, 0.29) is 32.6 Å². The van der Waals surface area contributed by atoms with Crippen LogP contribution in [0.2, 0.25) is 10.0 Å². The van der Waals surface area contributed by atoms with Gasteiger partial charge in [-0.15, -0.1) is 0 Å². The van der Waals surface area contributed by atoms with Crippen LogP contribution >= 0.6 is 23.2 Å². The Kier molecular flexibility index (Phi) is 7.75. The van der Waals surface area contributed by atoms with Crippen LogP contribution in [-0.4, -0.2) is 38.7 Å². The lowest BCUT2D eigenvalue weighted by Crippen LogP contribution is -2.39. The number of amides is 4. The van der Waals surface area contributed by atoms with Crippen molar-refractivity contribution in [2.24, 2.45) is 5.73 Å². The molecule has 3 rings (SSSR count). The summed E-state index contributed by atoms with van der Waals surface area (Å²) in [4.78, 5) is 51.9. The minimum Gasteiger partial charge on any atom is -0.361 e. The van der Waals surface area contributed by atoms with Gasteiger partial charge in [-0.2, -0.15) is 0 Å². The molecule has 1 unspecified atom stereocenters. The van der Waals surface area contributed by atoms with E-state index < -0.39 is 33.3 Å². The van der Waals surface area contributed by atoms with Crippen molar-refractivity contribution in [1.82, 2.24) is 9.71 Å². The lowest BCUT2D eigenvalue weighted by atomic mass is 10.1. The van der Waals surface area contributed by atoms with E-state index in [1.165, 1.54) is 54.7 Å². The Morgan fingerprint density at radius 3 is 2.14 bits per heavy atom. The van der Waals surface area contributed by atoms with Crippen LogP contribution < -0.4 is 21.1 Å². The predicted molar refractivity (Wildman–Crippen MR) is 134 cm³/mol. The first-order chi connectivity index (χ1) is 16.5. The molecule has 1 heterocycles. The maximum absolute atomic E-state index is 12.8. The molecule has 1 aromatic heterocycles. The molecule has 1 atom stereocenters. The van der Waals surface area contributed by atoms with E-state index in [1.807, 2.05) is 4.72 Å². The van der Waals surface area contributed by atoms with E-state index in [0.29, 0.717) is 5.02 Å². The number of carbonyl (C=O) groups excluding carboxylic acids is 4. The summed E-state index contributed by atoms with van der Waals surface area (Å²) in [5, 5.41) is 5.87. The molecular weight excluding hydrogens is 517 g/mol. The van der Waals surface area contributed by atoms with Crippen LogP contribution in [0.3, 0.4) is 0 Å². The number of hydrogen-bond acceptors (Lipinski definition) is 6. The fraction of sp³-hybridized carbons (Fsp3) is 0. The molecule has 4 amide bonds. The molecule has 0 radical (unpaired) electrons. The highest BCUT2D eigenvalue weighted by atomic mass is 35.5. The number of halogens is 2. The van der Waals surface area contributed by atoms with Crippen LogP contribution in [0.25, 0.3) is 0 Å². The maximum Gasteiger partial charge on any atom is 0.320 e. The largest absolute Gasteiger partial charge is 0.361 e. The van der Waals surface area contributed by atoms with Crippen LogP contribution in [0, 0.1) is 0 Å². The molecule has 0 aliphatic rings. The van der Waals surface area contributed by atoms with Gasteiger partial charge < -0.3 is 16.4 Å². The van der Waals surface area contributed by atoms with Gasteiger partial charge in [0.2, 0.25) is 0 Å². The van der Waals surface area contributed by atoms with Crippen molar-refractivity contribution >= 4 is 73.9 Å². The molecule has 13 heteroatoms. The Bertz CT molecular complexity index is 1430. The number of nitrogens with two attached hydrogens (primary N) is 1. The molecule has 0 spiro atoms. The number of hydrogen-bond donors (Lipinski definition) is 4. The molecule has 0 saturated heterocycles. The minimum atomic E-state index is -3.37. The number of carbonyl (C=O) groups is 4. The van der Waals surface area contributed by atoms with Crippen LogP contribution in [0.15, 0.2) is 65.7 Å². The second-order valence-electron chi connectivity index (χ2n) is 6.95. The molecule has 0 aliphatic carbocycles. The first-order valence-electron chi connectivity index (χ1n) is 9.59. The molecule has 5 N–H and O–H groups in total. The fourth-order valence-electron chi connectivity index (χ4n) is 2.73. The topological polar surface area (TPSA) is 160 Å². The molecule has 0 aliphatic heterocycles. The van der Waals surface area contributed by atoms with Gasteiger partial charge in [-0.25, -0.2) is 9.19 Å². The lowest BCUT2D eigenvalue weighted by molar-refractivity contribution is -0.136. The SMILES string of the molecule is C=S(=O)(NC(=O)C(N)=O)c1ccc(C(=O)Nc2ccc(Cl)cc2C(=O)Nc2ccc(Cl)cn2)cc1. The van der Waals surface area contributed by atoms with Crippen LogP contribution in [-0.2, 0) is 19.3 Å². The molecular formula is C22H17Cl2N5O5S. The van der Waals surface area contributed by atoms with Gasteiger partial charge in [-0.3, -0.25) is 23.9 Å². The number of primary amides is 1. The highest BCUT2D eigenvalue weighted by molar-refractivity contribution is 7.99. The monoisotopic (exact) mass is 533 g/mol. The third kappa shape index (κ3) is 6.57. The van der Waals surface area contributed by atoms with Gasteiger partial charge in [0, 0.05) is 21.7 Å². The average molecular weight is 534 g/mol. The van der Waals surface area contributed by atoms with Gasteiger partial charge in [0.15, 0.2) is 0 Å². The number of pyridine rings is 1. The second-order valence-corrected chi connectivity index (χ2v) is 9.85. The summed E-state index contributed by atoms with van der Waals surface area (Å²) in [6, 6.07) is 12.7. The molecule has 0 saturated carbocycles. The van der Waals surface area contributed by atoms with Crippen molar-refractivity contribution in [2.75, 3.05) is 10.6 Å². The minimum absolute atomic E-state index is 0.0608. The van der Waals surface area contributed by atoms with E-state index in [2.05, 4.69) is 21.5 Å². The first-order valence-corrected chi connectivity index (χ1v) is 12.1. The predicted octanol–water partition coefficient (Wildman–Crippen LogP) is 2.48. The zero-order chi connectivity index (χ0) is 25.8. The van der Waals surface area contributed by atoms with Gasteiger partial charge in [-0.05, 0) is 60.5 Å². The van der Waals surface area contributed by atoms with Crippen LogP contribution in [0.4, 0.5) is 11.5 Å². The zero-order valence-corrected chi connectivity index (χ0v) is 20.0. The van der Waals surface area contributed by atoms with E-state index in [1.54, 1.807) is 6.07 Å². The van der Waals surface area contributed by atoms with E-state index in [4.69, 9.17) is 28.9 Å². The summed E-state index contributed by atoms with van der Waals surface area (Å²) in [5.41, 5.74) is 5.24. The highest BCUT2D eigenvalue weighted by Crippen LogP contribution is 2.23. The molecule has 3 aromatic rings. The van der Waals surface area contributed by atoms with E-state index in [0.717, 1.165) is 0 Å². The zero-order valence-electron chi connectivity index (χ0n) is 17.7. The van der Waals surface area contributed by atoms with Gasteiger partial charge in [0.05, 0.1) is 26.0 Å². The molecule has 10 nitrogen and oxygen atoms in total.